The van der Waals surface area contributed by atoms with Crippen LogP contribution in [0.1, 0.15) is 42.3 Å². The molecule has 0 aliphatic carbocycles. The van der Waals surface area contributed by atoms with E-state index >= 15 is 0 Å². The molecule has 1 N–H and O–H groups in total. The maximum Gasteiger partial charge on any atom is 0.338 e. The molecule has 0 bridgehead atoms. The third kappa shape index (κ3) is 6.44. The Bertz CT molecular complexity index is 751. The Morgan fingerprint density at radius 1 is 0.926 bits per heavy atom. The van der Waals surface area contributed by atoms with Crippen molar-refractivity contribution in [2.24, 2.45) is 5.92 Å². The van der Waals surface area contributed by atoms with Crippen LogP contribution in [0.15, 0.2) is 48.5 Å². The molecule has 0 saturated heterocycles. The summed E-state index contributed by atoms with van der Waals surface area (Å²) in [6.45, 7) is 6.21. The van der Waals surface area contributed by atoms with Crippen molar-refractivity contribution in [2.45, 2.75) is 39.8 Å². The Morgan fingerprint density at radius 2 is 1.52 bits per heavy atom. The molecule has 1 atom stereocenters. The SMILES string of the molecule is COc1ccc(CNC(=O)[C@H](C)OC(=O)c2ccc(CC(C)C)cc2)cc1. The van der Waals surface area contributed by atoms with Gasteiger partial charge in [0.15, 0.2) is 6.10 Å². The maximum atomic E-state index is 12.2. The highest BCUT2D eigenvalue weighted by atomic mass is 16.5. The summed E-state index contributed by atoms with van der Waals surface area (Å²) in [5.74, 6) is 0.470. The molecule has 144 valence electrons. The number of rotatable bonds is 8. The lowest BCUT2D eigenvalue weighted by molar-refractivity contribution is -0.129. The van der Waals surface area contributed by atoms with Gasteiger partial charge in [0.05, 0.1) is 12.7 Å². The first-order valence-electron chi connectivity index (χ1n) is 9.09. The van der Waals surface area contributed by atoms with E-state index in [1.54, 1.807) is 26.2 Å². The van der Waals surface area contributed by atoms with Crippen molar-refractivity contribution in [3.8, 4) is 5.75 Å². The van der Waals surface area contributed by atoms with Crippen LogP contribution in [0.3, 0.4) is 0 Å². The van der Waals surface area contributed by atoms with E-state index in [4.69, 9.17) is 9.47 Å². The van der Waals surface area contributed by atoms with Crippen molar-refractivity contribution in [3.05, 3.63) is 65.2 Å². The molecule has 0 fully saturated rings. The molecule has 2 aromatic carbocycles. The first-order valence-corrected chi connectivity index (χ1v) is 9.09. The van der Waals surface area contributed by atoms with Crippen molar-refractivity contribution < 1.29 is 19.1 Å². The van der Waals surface area contributed by atoms with Gasteiger partial charge in [0.1, 0.15) is 5.75 Å². The van der Waals surface area contributed by atoms with Crippen LogP contribution < -0.4 is 10.1 Å². The second-order valence-corrected chi connectivity index (χ2v) is 6.91. The van der Waals surface area contributed by atoms with Gasteiger partial charge < -0.3 is 14.8 Å². The van der Waals surface area contributed by atoms with Crippen LogP contribution in [0.25, 0.3) is 0 Å². The highest BCUT2D eigenvalue weighted by Gasteiger charge is 2.18. The van der Waals surface area contributed by atoms with Gasteiger partial charge in [-0.25, -0.2) is 4.79 Å². The highest BCUT2D eigenvalue weighted by Crippen LogP contribution is 2.12. The lowest BCUT2D eigenvalue weighted by Gasteiger charge is -2.14. The van der Waals surface area contributed by atoms with E-state index in [1.807, 2.05) is 36.4 Å². The van der Waals surface area contributed by atoms with Crippen LogP contribution >= 0.6 is 0 Å². The Morgan fingerprint density at radius 3 is 2.07 bits per heavy atom. The fourth-order valence-corrected chi connectivity index (χ4v) is 2.61. The second-order valence-electron chi connectivity index (χ2n) is 6.91. The van der Waals surface area contributed by atoms with Crippen molar-refractivity contribution in [2.75, 3.05) is 7.11 Å². The number of methoxy groups -OCH3 is 1. The lowest BCUT2D eigenvalue weighted by Crippen LogP contribution is -2.35. The Hall–Kier alpha value is -2.82. The molecular weight excluding hydrogens is 342 g/mol. The summed E-state index contributed by atoms with van der Waals surface area (Å²) in [5.41, 5.74) is 2.55. The molecule has 0 aromatic heterocycles. The number of carbonyl (C=O) groups excluding carboxylic acids is 2. The van der Waals surface area contributed by atoms with Crippen LogP contribution in [0.4, 0.5) is 0 Å². The molecule has 0 spiro atoms. The lowest BCUT2D eigenvalue weighted by atomic mass is 10.0. The molecule has 1 amide bonds. The van der Waals surface area contributed by atoms with E-state index in [0.29, 0.717) is 18.0 Å². The van der Waals surface area contributed by atoms with Gasteiger partial charge in [-0.15, -0.1) is 0 Å². The molecule has 0 radical (unpaired) electrons. The van der Waals surface area contributed by atoms with Gasteiger partial charge in [-0.05, 0) is 54.7 Å². The first-order chi connectivity index (χ1) is 12.9. The molecule has 0 aliphatic heterocycles. The molecule has 5 nitrogen and oxygen atoms in total. The molecule has 0 heterocycles. The van der Waals surface area contributed by atoms with Gasteiger partial charge in [0, 0.05) is 6.54 Å². The van der Waals surface area contributed by atoms with Crippen LogP contribution in [-0.4, -0.2) is 25.1 Å². The summed E-state index contributed by atoms with van der Waals surface area (Å²) in [5, 5.41) is 2.77. The predicted molar refractivity (Wildman–Crippen MR) is 105 cm³/mol. The summed E-state index contributed by atoms with van der Waals surface area (Å²) >= 11 is 0. The number of carbonyl (C=O) groups is 2. The number of hydrogen-bond donors (Lipinski definition) is 1. The molecular formula is C22H27NO4. The zero-order chi connectivity index (χ0) is 19.8. The van der Waals surface area contributed by atoms with Crippen LogP contribution in [-0.2, 0) is 22.5 Å². The number of esters is 1. The largest absolute Gasteiger partial charge is 0.497 e. The summed E-state index contributed by atoms with van der Waals surface area (Å²) in [6.07, 6.45) is 0.0885. The minimum Gasteiger partial charge on any atom is -0.497 e. The van der Waals surface area contributed by atoms with Crippen molar-refractivity contribution in [3.63, 3.8) is 0 Å². The Labute approximate surface area is 160 Å². The van der Waals surface area contributed by atoms with Gasteiger partial charge in [0.2, 0.25) is 0 Å². The Balaban J connectivity index is 1.84. The molecule has 0 unspecified atom stereocenters. The third-order valence-electron chi connectivity index (χ3n) is 4.11. The smallest absolute Gasteiger partial charge is 0.338 e. The molecule has 5 heteroatoms. The van der Waals surface area contributed by atoms with Gasteiger partial charge >= 0.3 is 5.97 Å². The molecule has 27 heavy (non-hydrogen) atoms. The fraction of sp³-hybridized carbons (Fsp3) is 0.364. The standard InChI is InChI=1S/C22H27NO4/c1-15(2)13-17-5-9-19(10-6-17)22(25)27-16(3)21(24)23-14-18-7-11-20(26-4)12-8-18/h5-12,15-16H,13-14H2,1-4H3,(H,23,24)/t16-/m0/s1. The fourth-order valence-electron chi connectivity index (χ4n) is 2.61. The molecule has 0 saturated carbocycles. The maximum absolute atomic E-state index is 12.2. The minimum atomic E-state index is -0.869. The van der Waals surface area contributed by atoms with Gasteiger partial charge in [-0.2, -0.15) is 0 Å². The molecule has 2 rings (SSSR count). The van der Waals surface area contributed by atoms with Gasteiger partial charge in [-0.3, -0.25) is 4.79 Å². The van der Waals surface area contributed by atoms with E-state index in [9.17, 15) is 9.59 Å². The summed E-state index contributed by atoms with van der Waals surface area (Å²) in [7, 11) is 1.60. The van der Waals surface area contributed by atoms with E-state index in [0.717, 1.165) is 17.7 Å². The highest BCUT2D eigenvalue weighted by molar-refractivity contribution is 5.92. The average molecular weight is 369 g/mol. The van der Waals surface area contributed by atoms with E-state index in [-0.39, 0.29) is 5.91 Å². The normalized spacial score (nSPS) is 11.7. The van der Waals surface area contributed by atoms with Crippen molar-refractivity contribution in [1.82, 2.24) is 5.32 Å². The average Bonchev–Trinajstić information content (AvgIpc) is 2.66. The zero-order valence-corrected chi connectivity index (χ0v) is 16.3. The minimum absolute atomic E-state index is 0.337. The number of nitrogens with one attached hydrogen (secondary N) is 1. The Kier molecular flexibility index (Phi) is 7.41. The quantitative estimate of drug-likeness (QED) is 0.720. The number of amides is 1. The van der Waals surface area contributed by atoms with E-state index < -0.39 is 12.1 Å². The number of ether oxygens (including phenoxy) is 2. The summed E-state index contributed by atoms with van der Waals surface area (Å²) < 4.78 is 10.4. The van der Waals surface area contributed by atoms with Gasteiger partial charge in [-0.1, -0.05) is 38.1 Å². The van der Waals surface area contributed by atoms with Gasteiger partial charge in [0.25, 0.3) is 5.91 Å². The van der Waals surface area contributed by atoms with Crippen molar-refractivity contribution >= 4 is 11.9 Å². The topological polar surface area (TPSA) is 64.6 Å². The number of hydrogen-bond acceptors (Lipinski definition) is 4. The van der Waals surface area contributed by atoms with E-state index in [2.05, 4.69) is 19.2 Å². The third-order valence-corrected chi connectivity index (χ3v) is 4.11. The van der Waals surface area contributed by atoms with Crippen LogP contribution in [0, 0.1) is 5.92 Å². The van der Waals surface area contributed by atoms with Crippen LogP contribution in [0.2, 0.25) is 0 Å². The van der Waals surface area contributed by atoms with Crippen LogP contribution in [0.5, 0.6) is 5.75 Å². The number of benzene rings is 2. The summed E-state index contributed by atoms with van der Waals surface area (Å²) in [6, 6.07) is 14.7. The molecule has 0 aliphatic rings. The first kappa shape index (κ1) is 20.5. The molecule has 2 aromatic rings. The predicted octanol–water partition coefficient (Wildman–Crippen LogP) is 3.76. The second kappa shape index (κ2) is 9.76. The van der Waals surface area contributed by atoms with Crippen molar-refractivity contribution in [1.29, 1.82) is 0 Å². The summed E-state index contributed by atoms with van der Waals surface area (Å²) in [4.78, 5) is 24.4. The van der Waals surface area contributed by atoms with E-state index in [1.165, 1.54) is 5.56 Å². The monoisotopic (exact) mass is 369 g/mol. The zero-order valence-electron chi connectivity index (χ0n) is 16.3.